The van der Waals surface area contributed by atoms with Crippen molar-refractivity contribution in [2.75, 3.05) is 0 Å². The molecule has 0 atom stereocenters. The van der Waals surface area contributed by atoms with Crippen LogP contribution in [0.3, 0.4) is 0 Å². The van der Waals surface area contributed by atoms with Gasteiger partial charge in [0.05, 0.1) is 16.7 Å². The van der Waals surface area contributed by atoms with E-state index in [1.54, 1.807) is 15.0 Å². The van der Waals surface area contributed by atoms with Crippen LogP contribution in [0.25, 0.3) is 0 Å². The first-order valence-electron chi connectivity index (χ1n) is 5.88. The first-order chi connectivity index (χ1) is 11.1. The van der Waals surface area contributed by atoms with Crippen LogP contribution in [0.1, 0.15) is 31.1 Å². The normalized spacial score (nSPS) is 9.50. The van der Waals surface area contributed by atoms with E-state index in [4.69, 9.17) is 15.3 Å². The number of nitrogens with one attached hydrogen (secondary N) is 3. The van der Waals surface area contributed by atoms with Gasteiger partial charge in [-0.25, -0.2) is 28.8 Å². The first kappa shape index (κ1) is 18.1. The number of rotatable bonds is 3. The molecule has 0 aliphatic rings. The lowest BCUT2D eigenvalue weighted by Crippen LogP contribution is -2.34. The zero-order chi connectivity index (χ0) is 18.4. The summed E-state index contributed by atoms with van der Waals surface area (Å²) in [5.74, 6) is -4.20. The van der Waals surface area contributed by atoms with Gasteiger partial charge >= 0.3 is 35.0 Å². The fourth-order valence-electron chi connectivity index (χ4n) is 1.44. The fraction of sp³-hybridized carbons (Fsp3) is 0. The van der Waals surface area contributed by atoms with Crippen molar-refractivity contribution in [3.63, 3.8) is 0 Å². The van der Waals surface area contributed by atoms with Crippen LogP contribution in [0, 0.1) is 0 Å². The SMILES string of the molecule is O=C(O)c1ccc(C(=O)O)c(C(=O)O)c1.O=c1[nH]c(=O)[nH]c(=O)[nH]1. The van der Waals surface area contributed by atoms with Crippen LogP contribution in [0.4, 0.5) is 0 Å². The van der Waals surface area contributed by atoms with Gasteiger partial charge < -0.3 is 15.3 Å². The summed E-state index contributed by atoms with van der Waals surface area (Å²) in [6.07, 6.45) is 0. The smallest absolute Gasteiger partial charge is 0.336 e. The van der Waals surface area contributed by atoms with Gasteiger partial charge in [0.15, 0.2) is 0 Å². The van der Waals surface area contributed by atoms with Crippen LogP contribution in [-0.4, -0.2) is 48.2 Å². The van der Waals surface area contributed by atoms with E-state index in [2.05, 4.69) is 0 Å². The standard InChI is InChI=1S/C9H6O6.C3H3N3O3/c10-7(11)4-1-2-5(8(12)13)6(3-4)9(14)15;7-1-4-2(8)6-3(9)5-1/h1-3H,(H,10,11)(H,12,13)(H,14,15);(H3,4,5,6,7,8,9). The van der Waals surface area contributed by atoms with Gasteiger partial charge in [-0.15, -0.1) is 0 Å². The predicted molar refractivity (Wildman–Crippen MR) is 75.6 cm³/mol. The molecular weight excluding hydrogens is 330 g/mol. The Morgan fingerprint density at radius 2 is 1.08 bits per heavy atom. The lowest BCUT2D eigenvalue weighted by molar-refractivity contribution is 0.0649. The maximum atomic E-state index is 10.6. The molecule has 0 saturated heterocycles. The van der Waals surface area contributed by atoms with Crippen LogP contribution in [0.5, 0.6) is 0 Å². The Labute approximate surface area is 130 Å². The number of H-pyrrole nitrogens is 3. The Hall–Kier alpha value is -3.96. The van der Waals surface area contributed by atoms with Gasteiger partial charge in [-0.3, -0.25) is 15.0 Å². The molecule has 6 N–H and O–H groups in total. The molecule has 0 spiro atoms. The summed E-state index contributed by atoms with van der Waals surface area (Å²) >= 11 is 0. The van der Waals surface area contributed by atoms with Crippen molar-refractivity contribution in [3.8, 4) is 0 Å². The van der Waals surface area contributed by atoms with Gasteiger partial charge in [-0.05, 0) is 18.2 Å². The average Bonchev–Trinajstić information content (AvgIpc) is 2.45. The zero-order valence-electron chi connectivity index (χ0n) is 11.5. The molecule has 126 valence electrons. The van der Waals surface area contributed by atoms with Crippen molar-refractivity contribution in [1.82, 2.24) is 15.0 Å². The molecule has 2 rings (SSSR count). The van der Waals surface area contributed by atoms with Gasteiger partial charge in [0.1, 0.15) is 0 Å². The van der Waals surface area contributed by atoms with E-state index in [-0.39, 0.29) is 5.56 Å². The third-order valence-corrected chi connectivity index (χ3v) is 2.41. The molecule has 0 saturated carbocycles. The summed E-state index contributed by atoms with van der Waals surface area (Å²) in [5, 5.41) is 25.9. The van der Waals surface area contributed by atoms with Gasteiger partial charge in [0.2, 0.25) is 0 Å². The highest BCUT2D eigenvalue weighted by Crippen LogP contribution is 2.12. The van der Waals surface area contributed by atoms with E-state index >= 15 is 0 Å². The van der Waals surface area contributed by atoms with Crippen LogP contribution < -0.4 is 17.1 Å². The van der Waals surface area contributed by atoms with Crippen molar-refractivity contribution < 1.29 is 29.7 Å². The Balaban J connectivity index is 0.000000272. The number of aromatic amines is 3. The van der Waals surface area contributed by atoms with Gasteiger partial charge in [0, 0.05) is 0 Å². The molecule has 2 aromatic rings. The number of benzene rings is 1. The van der Waals surface area contributed by atoms with E-state index in [1.807, 2.05) is 0 Å². The highest BCUT2D eigenvalue weighted by Gasteiger charge is 2.17. The van der Waals surface area contributed by atoms with Gasteiger partial charge in [-0.1, -0.05) is 0 Å². The van der Waals surface area contributed by atoms with E-state index in [0.717, 1.165) is 18.2 Å². The first-order valence-corrected chi connectivity index (χ1v) is 5.88. The van der Waals surface area contributed by atoms with Crippen LogP contribution in [0.2, 0.25) is 0 Å². The van der Waals surface area contributed by atoms with E-state index in [9.17, 15) is 28.8 Å². The Kier molecular flexibility index (Phi) is 5.54. The second-order valence-electron chi connectivity index (χ2n) is 4.04. The maximum absolute atomic E-state index is 10.6. The van der Waals surface area contributed by atoms with Crippen molar-refractivity contribution in [3.05, 3.63) is 66.3 Å². The van der Waals surface area contributed by atoms with Crippen molar-refractivity contribution in [1.29, 1.82) is 0 Å². The fourth-order valence-corrected chi connectivity index (χ4v) is 1.44. The quantitative estimate of drug-likeness (QED) is 0.385. The number of carboxylic acid groups (broad SMARTS) is 3. The largest absolute Gasteiger partial charge is 0.478 e. The number of hydrogen-bond acceptors (Lipinski definition) is 6. The minimum Gasteiger partial charge on any atom is -0.478 e. The summed E-state index contributed by atoms with van der Waals surface area (Å²) < 4.78 is 0. The molecule has 24 heavy (non-hydrogen) atoms. The molecule has 1 aromatic heterocycles. The topological polar surface area (TPSA) is 210 Å². The van der Waals surface area contributed by atoms with Crippen molar-refractivity contribution >= 4 is 17.9 Å². The average molecular weight is 339 g/mol. The number of aromatic nitrogens is 3. The third kappa shape index (κ3) is 4.80. The number of carboxylic acids is 3. The third-order valence-electron chi connectivity index (χ3n) is 2.41. The molecule has 0 aliphatic heterocycles. The Morgan fingerprint density at radius 3 is 1.42 bits per heavy atom. The van der Waals surface area contributed by atoms with Crippen LogP contribution in [-0.2, 0) is 0 Å². The minimum atomic E-state index is -1.48. The molecule has 1 aromatic carbocycles. The highest BCUT2D eigenvalue weighted by atomic mass is 16.4. The molecule has 1 heterocycles. The zero-order valence-corrected chi connectivity index (χ0v) is 11.5. The number of hydrogen-bond donors (Lipinski definition) is 6. The summed E-state index contributed by atoms with van der Waals surface area (Å²) in [7, 11) is 0. The highest BCUT2D eigenvalue weighted by molar-refractivity contribution is 6.03. The second kappa shape index (κ2) is 7.35. The van der Waals surface area contributed by atoms with Crippen molar-refractivity contribution in [2.24, 2.45) is 0 Å². The number of carbonyl (C=O) groups is 3. The molecule has 12 nitrogen and oxygen atoms in total. The summed E-state index contributed by atoms with van der Waals surface area (Å²) in [6, 6.07) is 2.81. The van der Waals surface area contributed by atoms with Crippen molar-refractivity contribution in [2.45, 2.75) is 0 Å². The molecule has 0 amide bonds. The monoisotopic (exact) mass is 339 g/mol. The summed E-state index contributed by atoms with van der Waals surface area (Å²) in [4.78, 5) is 67.7. The second-order valence-corrected chi connectivity index (χ2v) is 4.04. The van der Waals surface area contributed by atoms with E-state index in [0.29, 0.717) is 0 Å². The van der Waals surface area contributed by atoms with E-state index < -0.39 is 46.1 Å². The predicted octanol–water partition coefficient (Wildman–Crippen LogP) is -1.47. The molecule has 12 heteroatoms. The van der Waals surface area contributed by atoms with E-state index in [1.165, 1.54) is 0 Å². The lowest BCUT2D eigenvalue weighted by Gasteiger charge is -2.02. The molecule has 0 aliphatic carbocycles. The molecule has 0 bridgehead atoms. The van der Waals surface area contributed by atoms with Crippen LogP contribution in [0.15, 0.2) is 32.6 Å². The Morgan fingerprint density at radius 1 is 0.667 bits per heavy atom. The van der Waals surface area contributed by atoms with Gasteiger partial charge in [-0.2, -0.15) is 0 Å². The summed E-state index contributed by atoms with van der Waals surface area (Å²) in [5.41, 5.74) is -3.65. The molecule has 0 unspecified atom stereocenters. The molecular formula is C12H9N3O9. The summed E-state index contributed by atoms with van der Waals surface area (Å²) in [6.45, 7) is 0. The lowest BCUT2D eigenvalue weighted by atomic mass is 10.0. The molecule has 0 radical (unpaired) electrons. The van der Waals surface area contributed by atoms with Gasteiger partial charge in [0.25, 0.3) is 0 Å². The molecule has 0 fully saturated rings. The number of aromatic carboxylic acids is 3. The van der Waals surface area contributed by atoms with Crippen LogP contribution >= 0.6 is 0 Å². The minimum absolute atomic E-state index is 0.266. The maximum Gasteiger partial charge on any atom is 0.336 e. The Bertz CT molecular complexity index is 888.